The third-order valence-corrected chi connectivity index (χ3v) is 4.79. The molecular weight excluding hydrogens is 302 g/mol. The van der Waals surface area contributed by atoms with Crippen molar-refractivity contribution in [1.82, 2.24) is 9.38 Å². The summed E-state index contributed by atoms with van der Waals surface area (Å²) in [6.07, 6.45) is 6.85. The molecule has 3 aromatic rings. The van der Waals surface area contributed by atoms with Gasteiger partial charge in [0.15, 0.2) is 11.5 Å². The Morgan fingerprint density at radius 1 is 1.12 bits per heavy atom. The molecule has 0 amide bonds. The van der Waals surface area contributed by atoms with Crippen molar-refractivity contribution >= 4 is 11.5 Å². The number of hydrogen-bond acceptors (Lipinski definition) is 4. The molecule has 1 fully saturated rings. The summed E-state index contributed by atoms with van der Waals surface area (Å²) < 4.78 is 2.08. The van der Waals surface area contributed by atoms with Gasteiger partial charge in [0.05, 0.1) is 0 Å². The molecule has 3 N–H and O–H groups in total. The zero-order valence-electron chi connectivity index (χ0n) is 13.7. The number of imidazole rings is 1. The van der Waals surface area contributed by atoms with E-state index in [1.54, 1.807) is 12.1 Å². The molecule has 0 bridgehead atoms. The lowest BCUT2D eigenvalue weighted by atomic mass is 10.1. The van der Waals surface area contributed by atoms with Gasteiger partial charge in [-0.25, -0.2) is 4.98 Å². The van der Waals surface area contributed by atoms with Crippen LogP contribution in [-0.4, -0.2) is 25.6 Å². The molecule has 0 unspecified atom stereocenters. The first-order valence-corrected chi connectivity index (χ1v) is 8.40. The van der Waals surface area contributed by atoms with Crippen molar-refractivity contribution in [2.45, 2.75) is 38.6 Å². The zero-order chi connectivity index (χ0) is 16.7. The van der Waals surface area contributed by atoms with Crippen LogP contribution < -0.4 is 5.32 Å². The highest BCUT2D eigenvalue weighted by molar-refractivity contribution is 5.78. The normalized spacial score (nSPS) is 15.2. The molecule has 0 atom stereocenters. The second-order valence-corrected chi connectivity index (χ2v) is 6.52. The Morgan fingerprint density at radius 3 is 2.67 bits per heavy atom. The highest BCUT2D eigenvalue weighted by Crippen LogP contribution is 2.36. The van der Waals surface area contributed by atoms with E-state index in [9.17, 15) is 10.2 Å². The predicted molar refractivity (Wildman–Crippen MR) is 94.6 cm³/mol. The van der Waals surface area contributed by atoms with Gasteiger partial charge in [0.25, 0.3) is 0 Å². The number of aryl methyl sites for hydroxylation is 1. The fourth-order valence-electron chi connectivity index (χ4n) is 3.48. The summed E-state index contributed by atoms with van der Waals surface area (Å²) >= 11 is 0. The highest BCUT2D eigenvalue weighted by atomic mass is 16.3. The summed E-state index contributed by atoms with van der Waals surface area (Å²) in [7, 11) is 0. The van der Waals surface area contributed by atoms with E-state index in [4.69, 9.17) is 4.98 Å². The molecular formula is C19H21N3O2. The maximum atomic E-state index is 9.86. The van der Waals surface area contributed by atoms with Crippen LogP contribution in [0.15, 0.2) is 36.5 Å². The number of hydrogen-bond donors (Lipinski definition) is 3. The molecule has 1 saturated carbocycles. The van der Waals surface area contributed by atoms with E-state index >= 15 is 0 Å². The largest absolute Gasteiger partial charge is 0.504 e. The molecule has 1 aliphatic carbocycles. The average Bonchev–Trinajstić information content (AvgIpc) is 3.20. The van der Waals surface area contributed by atoms with Gasteiger partial charge in [-0.2, -0.15) is 0 Å². The number of nitrogens with one attached hydrogen (secondary N) is 1. The van der Waals surface area contributed by atoms with Gasteiger partial charge in [-0.05, 0) is 49.6 Å². The van der Waals surface area contributed by atoms with Gasteiger partial charge in [0.2, 0.25) is 0 Å². The Bertz CT molecular complexity index is 895. The summed E-state index contributed by atoms with van der Waals surface area (Å²) in [4.78, 5) is 4.80. The molecule has 0 saturated heterocycles. The van der Waals surface area contributed by atoms with Crippen LogP contribution in [0.2, 0.25) is 0 Å². The van der Waals surface area contributed by atoms with Gasteiger partial charge >= 0.3 is 0 Å². The van der Waals surface area contributed by atoms with Crippen LogP contribution in [0.5, 0.6) is 11.5 Å². The summed E-state index contributed by atoms with van der Waals surface area (Å²) in [5.74, 6) is 0.697. The molecule has 0 spiro atoms. The summed E-state index contributed by atoms with van der Waals surface area (Å²) in [6.45, 7) is 2.04. The SMILES string of the molecule is Cc1cccn2c(NC3CCCC3)c(-c3ccc(O)c(O)c3)nc12. The zero-order valence-corrected chi connectivity index (χ0v) is 13.7. The van der Waals surface area contributed by atoms with Crippen LogP contribution in [0.4, 0.5) is 5.82 Å². The van der Waals surface area contributed by atoms with Crippen LogP contribution >= 0.6 is 0 Å². The Morgan fingerprint density at radius 2 is 1.92 bits per heavy atom. The number of rotatable bonds is 3. The van der Waals surface area contributed by atoms with Crippen molar-refractivity contribution in [3.8, 4) is 22.8 Å². The van der Waals surface area contributed by atoms with E-state index in [-0.39, 0.29) is 11.5 Å². The van der Waals surface area contributed by atoms with Crippen LogP contribution in [0.3, 0.4) is 0 Å². The minimum absolute atomic E-state index is 0.121. The molecule has 1 aromatic carbocycles. The first kappa shape index (κ1) is 14.9. The smallest absolute Gasteiger partial charge is 0.158 e. The molecule has 4 rings (SSSR count). The van der Waals surface area contributed by atoms with Gasteiger partial charge < -0.3 is 15.5 Å². The van der Waals surface area contributed by atoms with Crippen molar-refractivity contribution in [2.24, 2.45) is 0 Å². The van der Waals surface area contributed by atoms with E-state index in [2.05, 4.69) is 9.72 Å². The van der Waals surface area contributed by atoms with Gasteiger partial charge in [-0.1, -0.05) is 18.9 Å². The van der Waals surface area contributed by atoms with Crippen molar-refractivity contribution in [2.75, 3.05) is 5.32 Å². The Hall–Kier alpha value is -2.69. The quantitative estimate of drug-likeness (QED) is 0.635. The molecule has 5 nitrogen and oxygen atoms in total. The van der Waals surface area contributed by atoms with Crippen molar-refractivity contribution in [3.63, 3.8) is 0 Å². The van der Waals surface area contributed by atoms with Gasteiger partial charge in [0, 0.05) is 17.8 Å². The molecule has 5 heteroatoms. The molecule has 0 aliphatic heterocycles. The summed E-state index contributed by atoms with van der Waals surface area (Å²) in [6, 6.07) is 9.36. The first-order valence-electron chi connectivity index (χ1n) is 8.40. The highest BCUT2D eigenvalue weighted by Gasteiger charge is 2.21. The second-order valence-electron chi connectivity index (χ2n) is 6.52. The number of nitrogens with zero attached hydrogens (tertiary/aromatic N) is 2. The molecule has 124 valence electrons. The first-order chi connectivity index (χ1) is 11.6. The topological polar surface area (TPSA) is 69.8 Å². The predicted octanol–water partition coefficient (Wildman–Crippen LogP) is 4.08. The number of benzene rings is 1. The van der Waals surface area contributed by atoms with Gasteiger partial charge in [0.1, 0.15) is 17.2 Å². The fraction of sp³-hybridized carbons (Fsp3) is 0.316. The lowest BCUT2D eigenvalue weighted by Gasteiger charge is -2.15. The number of aromatic nitrogens is 2. The average molecular weight is 323 g/mol. The minimum Gasteiger partial charge on any atom is -0.504 e. The minimum atomic E-state index is -0.131. The number of pyridine rings is 1. The van der Waals surface area contributed by atoms with E-state index < -0.39 is 0 Å². The lowest BCUT2D eigenvalue weighted by Crippen LogP contribution is -2.16. The molecule has 1 aliphatic rings. The Balaban J connectivity index is 1.89. The molecule has 2 heterocycles. The standard InChI is InChI=1S/C19H21N3O2/c1-12-5-4-10-22-18(12)21-17(13-8-9-15(23)16(24)11-13)19(22)20-14-6-2-3-7-14/h4-5,8-11,14,20,23-24H,2-3,6-7H2,1H3. The number of anilines is 1. The van der Waals surface area contributed by atoms with Crippen LogP contribution in [0.1, 0.15) is 31.2 Å². The van der Waals surface area contributed by atoms with Crippen molar-refractivity contribution < 1.29 is 10.2 Å². The maximum Gasteiger partial charge on any atom is 0.158 e. The summed E-state index contributed by atoms with van der Waals surface area (Å²) in [5, 5.41) is 23.1. The third-order valence-electron chi connectivity index (χ3n) is 4.79. The Labute approximate surface area is 140 Å². The van der Waals surface area contributed by atoms with Crippen LogP contribution in [-0.2, 0) is 0 Å². The monoisotopic (exact) mass is 323 g/mol. The molecule has 2 aromatic heterocycles. The maximum absolute atomic E-state index is 9.86. The lowest BCUT2D eigenvalue weighted by molar-refractivity contribution is 0.404. The summed E-state index contributed by atoms with van der Waals surface area (Å²) in [5.41, 5.74) is 3.59. The third kappa shape index (κ3) is 2.46. The van der Waals surface area contributed by atoms with Gasteiger partial charge in [-0.3, -0.25) is 4.40 Å². The van der Waals surface area contributed by atoms with Crippen molar-refractivity contribution in [3.05, 3.63) is 42.1 Å². The number of phenols is 2. The van der Waals surface area contributed by atoms with E-state index in [1.165, 1.54) is 31.7 Å². The van der Waals surface area contributed by atoms with Crippen molar-refractivity contribution in [1.29, 1.82) is 0 Å². The van der Waals surface area contributed by atoms with E-state index in [1.807, 2.05) is 25.3 Å². The number of phenolic OH excluding ortho intramolecular Hbond substituents is 2. The molecule has 24 heavy (non-hydrogen) atoms. The van der Waals surface area contributed by atoms with Gasteiger partial charge in [-0.15, -0.1) is 0 Å². The fourth-order valence-corrected chi connectivity index (χ4v) is 3.48. The number of fused-ring (bicyclic) bond motifs is 1. The van der Waals surface area contributed by atoms with Crippen LogP contribution in [0.25, 0.3) is 16.9 Å². The van der Waals surface area contributed by atoms with E-state index in [0.717, 1.165) is 28.3 Å². The van der Waals surface area contributed by atoms with Crippen LogP contribution in [0, 0.1) is 6.92 Å². The molecule has 0 radical (unpaired) electrons. The second kappa shape index (κ2) is 5.74. The van der Waals surface area contributed by atoms with E-state index in [0.29, 0.717) is 6.04 Å². The Kier molecular flexibility index (Phi) is 3.56. The number of aromatic hydroxyl groups is 2.